The maximum Gasteiger partial charge on any atom is 0.306 e. The molecule has 0 aliphatic carbocycles. The Morgan fingerprint density at radius 2 is 1.09 bits per heavy atom. The van der Waals surface area contributed by atoms with Gasteiger partial charge in [-0.15, -0.1) is 0 Å². The van der Waals surface area contributed by atoms with E-state index in [1.807, 2.05) is 38.1 Å². The summed E-state index contributed by atoms with van der Waals surface area (Å²) >= 11 is 0. The van der Waals surface area contributed by atoms with Gasteiger partial charge in [0, 0.05) is 17.3 Å². The summed E-state index contributed by atoms with van der Waals surface area (Å²) in [6.45, 7) is 14.4. The molecule has 2 aromatic carbocycles. The van der Waals surface area contributed by atoms with Crippen LogP contribution in [0.25, 0.3) is 0 Å². The largest absolute Gasteiger partial charge is 0.463 e. The second-order valence-electron chi connectivity index (χ2n) is 8.91. The zero-order valence-corrected chi connectivity index (χ0v) is 21.2. The van der Waals surface area contributed by atoms with E-state index in [2.05, 4.69) is 0 Å². The number of hydrogen-bond donors (Lipinski definition) is 0. The molecule has 172 valence electrons. The molecule has 0 heterocycles. The molecule has 0 amide bonds. The topological polar surface area (TPSA) is 77.5 Å². The predicted octanol–water partition coefficient (Wildman–Crippen LogP) is 6.22. The van der Waals surface area contributed by atoms with Gasteiger partial charge in [0.15, 0.2) is 0 Å². The van der Waals surface area contributed by atoms with Gasteiger partial charge in [-0.05, 0) is 77.6 Å². The van der Waals surface area contributed by atoms with Crippen LogP contribution in [-0.4, -0.2) is 29.3 Å². The van der Waals surface area contributed by atoms with Gasteiger partial charge in [-0.1, -0.05) is 35.4 Å². The van der Waals surface area contributed by atoms with Crippen LogP contribution < -0.4 is 0 Å². The van der Waals surface area contributed by atoms with Crippen LogP contribution in [0.15, 0.2) is 24.3 Å². The van der Waals surface area contributed by atoms with E-state index in [1.165, 1.54) is 0 Å². The molecule has 0 aromatic heterocycles. The molecule has 2 rings (SSSR count). The average molecular weight is 457 g/mol. The SMILES string of the molecule is Cc1cc(C)c(C(=O)P(=O)(CCC(=O)OC(C)C)C(=O)c2c(C)cc(C)cc2C)c(C)c1. The second kappa shape index (κ2) is 9.95. The highest BCUT2D eigenvalue weighted by molar-refractivity contribution is 7.95. The minimum absolute atomic E-state index is 0.263. The molecule has 0 aliphatic rings. The first-order valence-electron chi connectivity index (χ1n) is 10.8. The smallest absolute Gasteiger partial charge is 0.306 e. The number of benzene rings is 2. The lowest BCUT2D eigenvalue weighted by Crippen LogP contribution is -2.20. The highest BCUT2D eigenvalue weighted by Crippen LogP contribution is 2.54. The van der Waals surface area contributed by atoms with E-state index in [4.69, 9.17) is 4.74 Å². The Morgan fingerprint density at radius 1 is 0.750 bits per heavy atom. The van der Waals surface area contributed by atoms with E-state index in [1.54, 1.807) is 41.5 Å². The molecular formula is C26H33O5P. The van der Waals surface area contributed by atoms with Crippen molar-refractivity contribution in [1.82, 2.24) is 0 Å². The lowest BCUT2D eigenvalue weighted by atomic mass is 10.0. The third kappa shape index (κ3) is 5.45. The zero-order chi connectivity index (χ0) is 24.4. The molecular weight excluding hydrogens is 423 g/mol. The molecule has 0 saturated heterocycles. The van der Waals surface area contributed by atoms with Crippen molar-refractivity contribution in [2.24, 2.45) is 0 Å². The molecule has 0 unspecified atom stereocenters. The molecule has 5 nitrogen and oxygen atoms in total. The molecule has 0 aliphatic heterocycles. The molecule has 0 fully saturated rings. The molecule has 2 aromatic rings. The van der Waals surface area contributed by atoms with Crippen LogP contribution in [-0.2, 0) is 14.1 Å². The van der Waals surface area contributed by atoms with Crippen LogP contribution in [0.3, 0.4) is 0 Å². The fourth-order valence-electron chi connectivity index (χ4n) is 4.26. The van der Waals surface area contributed by atoms with E-state index in [0.717, 1.165) is 11.1 Å². The number of esters is 1. The summed E-state index contributed by atoms with van der Waals surface area (Å²) in [5, 5.41) is 0. The van der Waals surface area contributed by atoms with Crippen molar-refractivity contribution >= 4 is 24.2 Å². The van der Waals surface area contributed by atoms with Crippen molar-refractivity contribution in [3.8, 4) is 0 Å². The van der Waals surface area contributed by atoms with Gasteiger partial charge in [0.1, 0.15) is 0 Å². The summed E-state index contributed by atoms with van der Waals surface area (Å²) in [6, 6.07) is 7.35. The Hall–Kier alpha value is -2.52. The summed E-state index contributed by atoms with van der Waals surface area (Å²) in [4.78, 5) is 39.7. The number of rotatable bonds is 8. The normalized spacial score (nSPS) is 11.5. The Kier molecular flexibility index (Phi) is 8.01. The molecule has 0 spiro atoms. The number of carbonyl (C=O) groups is 3. The van der Waals surface area contributed by atoms with Crippen molar-refractivity contribution in [2.75, 3.05) is 6.16 Å². The fraction of sp³-hybridized carbons (Fsp3) is 0.423. The van der Waals surface area contributed by atoms with E-state index >= 15 is 0 Å². The Balaban J connectivity index is 2.63. The van der Waals surface area contributed by atoms with Crippen molar-refractivity contribution in [3.05, 3.63) is 68.8 Å². The summed E-state index contributed by atoms with van der Waals surface area (Å²) in [7, 11) is -4.16. The molecule has 0 atom stereocenters. The highest BCUT2D eigenvalue weighted by atomic mass is 31.2. The van der Waals surface area contributed by atoms with E-state index in [9.17, 15) is 18.9 Å². The van der Waals surface area contributed by atoms with Crippen LogP contribution in [0, 0.1) is 41.5 Å². The molecule has 0 radical (unpaired) electrons. The first kappa shape index (κ1) is 25.7. The Bertz CT molecular complexity index is 1010. The van der Waals surface area contributed by atoms with E-state index in [-0.39, 0.29) is 18.7 Å². The highest BCUT2D eigenvalue weighted by Gasteiger charge is 2.43. The van der Waals surface area contributed by atoms with Gasteiger partial charge in [-0.25, -0.2) is 0 Å². The number of hydrogen-bond acceptors (Lipinski definition) is 5. The van der Waals surface area contributed by atoms with Gasteiger partial charge in [-0.3, -0.25) is 14.4 Å². The first-order chi connectivity index (χ1) is 14.8. The van der Waals surface area contributed by atoms with Crippen molar-refractivity contribution in [2.45, 2.75) is 67.9 Å². The minimum Gasteiger partial charge on any atom is -0.463 e. The maximum absolute atomic E-state index is 14.3. The number of carbonyl (C=O) groups excluding carboxylic acids is 3. The Labute approximate surface area is 190 Å². The molecule has 0 saturated carbocycles. The van der Waals surface area contributed by atoms with Crippen molar-refractivity contribution in [1.29, 1.82) is 0 Å². The van der Waals surface area contributed by atoms with Gasteiger partial charge in [0.25, 0.3) is 0 Å². The van der Waals surface area contributed by atoms with Crippen LogP contribution >= 0.6 is 7.14 Å². The lowest BCUT2D eigenvalue weighted by Gasteiger charge is -2.21. The average Bonchev–Trinajstić information content (AvgIpc) is 2.63. The quantitative estimate of drug-likeness (QED) is 0.348. The van der Waals surface area contributed by atoms with E-state index in [0.29, 0.717) is 33.4 Å². The van der Waals surface area contributed by atoms with E-state index < -0.39 is 24.2 Å². The Morgan fingerprint density at radius 3 is 1.41 bits per heavy atom. The standard InChI is InChI=1S/C26H33O5P/c1-15(2)31-22(27)9-10-32(30,25(28)23-18(5)11-16(3)12-19(23)6)26(29)24-20(7)13-17(4)14-21(24)8/h11-15H,9-10H2,1-8H3. The molecule has 32 heavy (non-hydrogen) atoms. The molecule has 6 heteroatoms. The monoisotopic (exact) mass is 456 g/mol. The summed E-state index contributed by atoms with van der Waals surface area (Å²) in [5.74, 6) is -0.574. The molecule has 0 N–H and O–H groups in total. The summed E-state index contributed by atoms with van der Waals surface area (Å²) in [5.41, 5.74) is 3.85. The van der Waals surface area contributed by atoms with Crippen LogP contribution in [0.2, 0.25) is 0 Å². The predicted molar refractivity (Wildman–Crippen MR) is 128 cm³/mol. The fourth-order valence-corrected chi connectivity index (χ4v) is 6.78. The van der Waals surface area contributed by atoms with Gasteiger partial charge in [0.2, 0.25) is 18.2 Å². The van der Waals surface area contributed by atoms with Crippen molar-refractivity contribution in [3.63, 3.8) is 0 Å². The second-order valence-corrected chi connectivity index (χ2v) is 11.6. The van der Waals surface area contributed by atoms with Gasteiger partial charge in [-0.2, -0.15) is 0 Å². The summed E-state index contributed by atoms with van der Waals surface area (Å²) in [6.07, 6.45) is -0.951. The van der Waals surface area contributed by atoms with Gasteiger partial charge < -0.3 is 9.30 Å². The third-order valence-electron chi connectivity index (χ3n) is 5.44. The van der Waals surface area contributed by atoms with Crippen LogP contribution in [0.4, 0.5) is 0 Å². The maximum atomic E-state index is 14.3. The van der Waals surface area contributed by atoms with Gasteiger partial charge >= 0.3 is 5.97 Å². The first-order valence-corrected chi connectivity index (χ1v) is 12.7. The number of ether oxygens (including phenoxy) is 1. The number of aryl methyl sites for hydroxylation is 6. The van der Waals surface area contributed by atoms with Crippen molar-refractivity contribution < 1.29 is 23.7 Å². The van der Waals surface area contributed by atoms with Gasteiger partial charge in [0.05, 0.1) is 12.5 Å². The zero-order valence-electron chi connectivity index (χ0n) is 20.3. The third-order valence-corrected chi connectivity index (χ3v) is 8.05. The van der Waals surface area contributed by atoms with Crippen LogP contribution in [0.5, 0.6) is 0 Å². The minimum atomic E-state index is -4.16. The van der Waals surface area contributed by atoms with Crippen LogP contribution in [0.1, 0.15) is 74.4 Å². The lowest BCUT2D eigenvalue weighted by molar-refractivity contribution is -0.146. The summed E-state index contributed by atoms with van der Waals surface area (Å²) < 4.78 is 19.4. The molecule has 0 bridgehead atoms.